The quantitative estimate of drug-likeness (QED) is 0.554. The van der Waals surface area contributed by atoms with Gasteiger partial charge in [-0.2, -0.15) is 0 Å². The number of β-amino-alcohol motifs (C(OH)–C–C–N with tert-alkyl or cyclic N) is 1. The zero-order valence-corrected chi connectivity index (χ0v) is 20.5. The zero-order valence-electron chi connectivity index (χ0n) is 20.5. The van der Waals surface area contributed by atoms with Crippen molar-refractivity contribution < 1.29 is 19.4 Å². The summed E-state index contributed by atoms with van der Waals surface area (Å²) >= 11 is 0. The van der Waals surface area contributed by atoms with Gasteiger partial charge >= 0.3 is 0 Å². The standard InChI is InChI=1S/C28H32N4O4/c1-36-23-7-4-5-19(15-23)17-29-27(34)26-16-22(33)18-32(26)21-11-13-31(14-12-21)28(35)25-10-9-20-6-2-3-8-24(20)30-25/h2-10,15,21-22,26,33H,11-14,16-18H2,1H3,(H,29,34)/t22-,26+/m1/s1. The molecule has 0 unspecified atom stereocenters. The van der Waals surface area contributed by atoms with Gasteiger partial charge in [-0.1, -0.05) is 36.4 Å². The first-order chi connectivity index (χ1) is 17.5. The van der Waals surface area contributed by atoms with Gasteiger partial charge < -0.3 is 20.1 Å². The molecule has 3 heterocycles. The minimum absolute atomic E-state index is 0.0618. The number of aliphatic hydroxyl groups excluding tert-OH is 1. The fourth-order valence-electron chi connectivity index (χ4n) is 5.34. The van der Waals surface area contributed by atoms with Crippen LogP contribution in [0.5, 0.6) is 5.75 Å². The maximum atomic E-state index is 13.1. The van der Waals surface area contributed by atoms with Crippen LogP contribution in [0.1, 0.15) is 35.3 Å². The lowest BCUT2D eigenvalue weighted by atomic mass is 10.0. The number of fused-ring (bicyclic) bond motifs is 1. The van der Waals surface area contributed by atoms with E-state index in [1.165, 1.54) is 0 Å². The molecule has 8 nitrogen and oxygen atoms in total. The van der Waals surface area contributed by atoms with Crippen LogP contribution in [0.4, 0.5) is 0 Å². The molecule has 1 aromatic heterocycles. The van der Waals surface area contributed by atoms with Crippen LogP contribution >= 0.6 is 0 Å². The fourth-order valence-corrected chi connectivity index (χ4v) is 5.34. The number of pyridine rings is 1. The summed E-state index contributed by atoms with van der Waals surface area (Å²) < 4.78 is 5.26. The van der Waals surface area contributed by atoms with Crippen molar-refractivity contribution in [1.82, 2.24) is 20.1 Å². The third-order valence-corrected chi connectivity index (χ3v) is 7.26. The number of nitrogens with one attached hydrogen (secondary N) is 1. The molecular weight excluding hydrogens is 456 g/mol. The summed E-state index contributed by atoms with van der Waals surface area (Å²) in [6, 6.07) is 18.9. The molecule has 5 rings (SSSR count). The van der Waals surface area contributed by atoms with Crippen molar-refractivity contribution in [2.24, 2.45) is 0 Å². The Morgan fingerprint density at radius 2 is 1.89 bits per heavy atom. The molecule has 2 aliphatic heterocycles. The highest BCUT2D eigenvalue weighted by molar-refractivity contribution is 5.95. The molecule has 2 N–H and O–H groups in total. The van der Waals surface area contributed by atoms with Gasteiger partial charge in [0.1, 0.15) is 11.4 Å². The van der Waals surface area contributed by atoms with E-state index in [1.54, 1.807) is 13.2 Å². The van der Waals surface area contributed by atoms with Gasteiger partial charge in [0, 0.05) is 37.6 Å². The summed E-state index contributed by atoms with van der Waals surface area (Å²) in [6.07, 6.45) is 1.40. The van der Waals surface area contributed by atoms with E-state index in [0.717, 1.165) is 35.1 Å². The van der Waals surface area contributed by atoms with E-state index in [4.69, 9.17) is 4.74 Å². The lowest BCUT2D eigenvalue weighted by molar-refractivity contribution is -0.126. The molecule has 0 aliphatic carbocycles. The first-order valence-corrected chi connectivity index (χ1v) is 12.5. The molecule has 2 aromatic carbocycles. The van der Waals surface area contributed by atoms with Crippen LogP contribution in [0.15, 0.2) is 60.7 Å². The van der Waals surface area contributed by atoms with Gasteiger partial charge in [-0.3, -0.25) is 14.5 Å². The molecule has 36 heavy (non-hydrogen) atoms. The Morgan fingerprint density at radius 1 is 1.08 bits per heavy atom. The highest BCUT2D eigenvalue weighted by Crippen LogP contribution is 2.27. The largest absolute Gasteiger partial charge is 0.497 e. The second-order valence-corrected chi connectivity index (χ2v) is 9.58. The van der Waals surface area contributed by atoms with Crippen molar-refractivity contribution in [3.8, 4) is 5.75 Å². The first-order valence-electron chi connectivity index (χ1n) is 12.5. The molecule has 2 saturated heterocycles. The normalized spacial score (nSPS) is 21.0. The number of aromatic nitrogens is 1. The van der Waals surface area contributed by atoms with Crippen LogP contribution < -0.4 is 10.1 Å². The molecule has 2 aliphatic rings. The second-order valence-electron chi connectivity index (χ2n) is 9.58. The summed E-state index contributed by atoms with van der Waals surface area (Å²) in [4.78, 5) is 34.7. The van der Waals surface area contributed by atoms with Gasteiger partial charge in [0.2, 0.25) is 5.91 Å². The highest BCUT2D eigenvalue weighted by atomic mass is 16.5. The SMILES string of the molecule is COc1cccc(CNC(=O)[C@@H]2C[C@@H](O)CN2C2CCN(C(=O)c3ccc4ccccc4n3)CC2)c1. The average molecular weight is 489 g/mol. The Labute approximate surface area is 210 Å². The number of hydrogen-bond donors (Lipinski definition) is 2. The molecule has 8 heteroatoms. The van der Waals surface area contributed by atoms with Crippen LogP contribution in [-0.4, -0.2) is 76.6 Å². The van der Waals surface area contributed by atoms with E-state index in [-0.39, 0.29) is 23.9 Å². The monoisotopic (exact) mass is 488 g/mol. The minimum Gasteiger partial charge on any atom is -0.497 e. The van der Waals surface area contributed by atoms with E-state index in [2.05, 4.69) is 15.2 Å². The number of carbonyl (C=O) groups excluding carboxylic acids is 2. The molecule has 0 radical (unpaired) electrons. The van der Waals surface area contributed by atoms with E-state index in [9.17, 15) is 14.7 Å². The first kappa shape index (κ1) is 24.2. The van der Waals surface area contributed by atoms with Crippen molar-refractivity contribution in [3.63, 3.8) is 0 Å². The van der Waals surface area contributed by atoms with E-state index >= 15 is 0 Å². The predicted molar refractivity (Wildman–Crippen MR) is 137 cm³/mol. The molecule has 0 bridgehead atoms. The fraction of sp³-hybridized carbons (Fsp3) is 0.393. The lowest BCUT2D eigenvalue weighted by Crippen LogP contribution is -2.52. The van der Waals surface area contributed by atoms with Crippen molar-refractivity contribution >= 4 is 22.7 Å². The summed E-state index contributed by atoms with van der Waals surface area (Å²) in [5.41, 5.74) is 2.23. The topological polar surface area (TPSA) is 95.0 Å². The molecule has 0 saturated carbocycles. The van der Waals surface area contributed by atoms with Crippen molar-refractivity contribution in [3.05, 3.63) is 71.9 Å². The smallest absolute Gasteiger partial charge is 0.272 e. The number of methoxy groups -OCH3 is 1. The van der Waals surface area contributed by atoms with Crippen LogP contribution in [0, 0.1) is 0 Å². The average Bonchev–Trinajstić information content (AvgIpc) is 3.33. The molecular formula is C28H32N4O4. The number of likely N-dealkylation sites (tertiary alicyclic amines) is 2. The number of nitrogens with zero attached hydrogens (tertiary/aromatic N) is 3. The van der Waals surface area contributed by atoms with Crippen molar-refractivity contribution in [2.75, 3.05) is 26.7 Å². The molecule has 3 aromatic rings. The van der Waals surface area contributed by atoms with Gasteiger partial charge in [-0.05, 0) is 49.1 Å². The molecule has 2 atom stereocenters. The number of piperidine rings is 1. The number of hydrogen-bond acceptors (Lipinski definition) is 6. The zero-order chi connectivity index (χ0) is 25.1. The van der Waals surface area contributed by atoms with Gasteiger partial charge in [0.25, 0.3) is 5.91 Å². The third kappa shape index (κ3) is 5.20. The summed E-state index contributed by atoms with van der Waals surface area (Å²) in [7, 11) is 1.62. The number of benzene rings is 2. The highest BCUT2D eigenvalue weighted by Gasteiger charge is 2.41. The molecule has 2 amide bonds. The number of carbonyl (C=O) groups is 2. The van der Waals surface area contributed by atoms with E-state index in [0.29, 0.717) is 38.3 Å². The summed E-state index contributed by atoms with van der Waals surface area (Å²) in [5.74, 6) is 0.612. The second kappa shape index (κ2) is 10.6. The number of rotatable bonds is 6. The third-order valence-electron chi connectivity index (χ3n) is 7.26. The molecule has 2 fully saturated rings. The minimum atomic E-state index is -0.529. The Hall–Kier alpha value is -3.49. The number of ether oxygens (including phenoxy) is 1. The van der Waals surface area contributed by atoms with Crippen LogP contribution in [-0.2, 0) is 11.3 Å². The van der Waals surface area contributed by atoms with Gasteiger partial charge in [0.05, 0.1) is 24.8 Å². The Bertz CT molecular complexity index is 1240. The van der Waals surface area contributed by atoms with E-state index < -0.39 is 6.10 Å². The maximum Gasteiger partial charge on any atom is 0.272 e. The van der Waals surface area contributed by atoms with Crippen molar-refractivity contribution in [1.29, 1.82) is 0 Å². The Morgan fingerprint density at radius 3 is 2.69 bits per heavy atom. The molecule has 188 valence electrons. The Kier molecular flexibility index (Phi) is 7.16. The summed E-state index contributed by atoms with van der Waals surface area (Å²) in [5, 5.41) is 14.4. The number of para-hydroxylation sites is 1. The molecule has 0 spiro atoms. The van der Waals surface area contributed by atoms with Crippen LogP contribution in [0.25, 0.3) is 10.9 Å². The van der Waals surface area contributed by atoms with Crippen LogP contribution in [0.2, 0.25) is 0 Å². The Balaban J connectivity index is 1.18. The lowest BCUT2D eigenvalue weighted by Gasteiger charge is -2.38. The van der Waals surface area contributed by atoms with Gasteiger partial charge in [0.15, 0.2) is 0 Å². The van der Waals surface area contributed by atoms with Gasteiger partial charge in [-0.15, -0.1) is 0 Å². The predicted octanol–water partition coefficient (Wildman–Crippen LogP) is 2.60. The summed E-state index contributed by atoms with van der Waals surface area (Å²) in [6.45, 7) is 2.08. The van der Waals surface area contributed by atoms with Gasteiger partial charge in [-0.25, -0.2) is 4.98 Å². The maximum absolute atomic E-state index is 13.1. The van der Waals surface area contributed by atoms with Crippen LogP contribution in [0.3, 0.4) is 0 Å². The van der Waals surface area contributed by atoms with Crippen molar-refractivity contribution in [2.45, 2.75) is 44.0 Å². The number of aliphatic hydroxyl groups is 1. The number of amides is 2. The van der Waals surface area contributed by atoms with E-state index in [1.807, 2.05) is 59.5 Å².